The largest absolute Gasteiger partial charge is 0.355 e. The fourth-order valence-electron chi connectivity index (χ4n) is 4.18. The lowest BCUT2D eigenvalue weighted by Gasteiger charge is -2.01. The molecule has 0 fully saturated rings. The van der Waals surface area contributed by atoms with Gasteiger partial charge in [0.1, 0.15) is 0 Å². The number of H-pyrrole nitrogens is 4. The maximum absolute atomic E-state index is 11.4. The minimum Gasteiger partial charge on any atom is -0.355 e. The molecule has 0 aliphatic carbocycles. The number of hydrogen-bond acceptors (Lipinski definition) is 2. The van der Waals surface area contributed by atoms with Crippen LogP contribution in [-0.4, -0.2) is 32.9 Å². The van der Waals surface area contributed by atoms with E-state index in [-0.39, 0.29) is 4.90 Å². The quantitative estimate of drug-likeness (QED) is 0.248. The van der Waals surface area contributed by atoms with Crippen LogP contribution < -0.4 is 21.4 Å². The summed E-state index contributed by atoms with van der Waals surface area (Å²) in [5.74, 6) is 0. The standard InChI is InChI=1S/C26H20N4O3S/c31-34(32,33)24-9-1-16(2-10-24)25-14-23-13-21-6-5-19(28-21)11-17-3-4-18(27-17)12-20-7-8-22(29-20)15-26(25)30-23/h1-15,27-30H,(H,31,32,33). The fourth-order valence-corrected chi connectivity index (χ4v) is 4.66. The van der Waals surface area contributed by atoms with Crippen LogP contribution in [0.5, 0.6) is 0 Å². The van der Waals surface area contributed by atoms with E-state index < -0.39 is 10.1 Å². The van der Waals surface area contributed by atoms with Crippen LogP contribution in [0.1, 0.15) is 22.8 Å². The van der Waals surface area contributed by atoms with Gasteiger partial charge in [0.2, 0.25) is 0 Å². The summed E-state index contributed by atoms with van der Waals surface area (Å²) in [5, 5.41) is 3.75. The van der Waals surface area contributed by atoms with Crippen molar-refractivity contribution in [2.24, 2.45) is 0 Å². The molecular formula is C26H20N4O3S. The number of fused-ring (bicyclic) bond motifs is 8. The summed E-state index contributed by atoms with van der Waals surface area (Å²) in [5.41, 5.74) is 5.54. The molecule has 0 atom stereocenters. The van der Waals surface area contributed by atoms with Crippen LogP contribution in [0, 0.1) is 0 Å². The Balaban J connectivity index is 1.58. The molecule has 0 radical (unpaired) electrons. The monoisotopic (exact) mass is 468 g/mol. The molecule has 0 unspecified atom stereocenters. The SMILES string of the molecule is O=S(=O)(O)c1ccc(-c2cc3[nH]c2=Cc2ccc([nH]2)C=c2ccc([nH]2)=Cc2ccc([nH]2)C=3)cc1. The Kier molecular flexibility index (Phi) is 4.58. The molecule has 8 heteroatoms. The zero-order valence-corrected chi connectivity index (χ0v) is 18.6. The molecule has 0 amide bonds. The van der Waals surface area contributed by atoms with Gasteiger partial charge in [0.25, 0.3) is 10.1 Å². The van der Waals surface area contributed by atoms with E-state index >= 15 is 0 Å². The van der Waals surface area contributed by atoms with E-state index in [0.29, 0.717) is 0 Å². The van der Waals surface area contributed by atoms with Crippen molar-refractivity contribution in [1.82, 2.24) is 19.9 Å². The summed E-state index contributed by atoms with van der Waals surface area (Å²) in [6, 6.07) is 20.3. The van der Waals surface area contributed by atoms with Crippen molar-refractivity contribution in [2.75, 3.05) is 0 Å². The molecule has 4 aromatic heterocycles. The number of benzene rings is 1. The molecule has 1 aliphatic heterocycles. The van der Waals surface area contributed by atoms with E-state index in [1.165, 1.54) is 12.1 Å². The Morgan fingerprint density at radius 3 is 1.65 bits per heavy atom. The number of rotatable bonds is 2. The fraction of sp³-hybridized carbons (Fsp3) is 0. The highest BCUT2D eigenvalue weighted by atomic mass is 32.2. The minimum atomic E-state index is -4.25. The van der Waals surface area contributed by atoms with Gasteiger partial charge >= 0.3 is 0 Å². The Morgan fingerprint density at radius 2 is 1.09 bits per heavy atom. The third-order valence-corrected chi connectivity index (χ3v) is 6.63. The van der Waals surface area contributed by atoms with Gasteiger partial charge < -0.3 is 19.9 Å². The van der Waals surface area contributed by atoms with Crippen LogP contribution >= 0.6 is 0 Å². The van der Waals surface area contributed by atoms with Crippen molar-refractivity contribution >= 4 is 34.4 Å². The molecule has 5 aromatic rings. The summed E-state index contributed by atoms with van der Waals surface area (Å²) in [6.07, 6.45) is 8.13. The first kappa shape index (κ1) is 20.3. The van der Waals surface area contributed by atoms with Gasteiger partial charge in [-0.15, -0.1) is 0 Å². The molecule has 6 rings (SSSR count). The van der Waals surface area contributed by atoms with E-state index in [2.05, 4.69) is 26.0 Å². The smallest absolute Gasteiger partial charge is 0.294 e. The molecule has 0 saturated heterocycles. The summed E-state index contributed by atoms with van der Waals surface area (Å²) in [4.78, 5) is 13.5. The van der Waals surface area contributed by atoms with Gasteiger partial charge in [-0.1, -0.05) is 12.1 Å². The first-order valence-electron chi connectivity index (χ1n) is 10.7. The highest BCUT2D eigenvalue weighted by molar-refractivity contribution is 7.85. The summed E-state index contributed by atoms with van der Waals surface area (Å²) in [7, 11) is -4.25. The van der Waals surface area contributed by atoms with E-state index in [4.69, 9.17) is 0 Å². The van der Waals surface area contributed by atoms with Crippen molar-refractivity contribution in [1.29, 1.82) is 0 Å². The second-order valence-electron chi connectivity index (χ2n) is 8.24. The summed E-state index contributed by atoms with van der Waals surface area (Å²) >= 11 is 0. The van der Waals surface area contributed by atoms with Crippen molar-refractivity contribution in [3.8, 4) is 11.1 Å². The first-order chi connectivity index (χ1) is 16.4. The Bertz CT molecular complexity index is 1880. The zero-order chi connectivity index (χ0) is 23.3. The third kappa shape index (κ3) is 3.96. The van der Waals surface area contributed by atoms with Crippen molar-refractivity contribution in [3.05, 3.63) is 111 Å². The van der Waals surface area contributed by atoms with E-state index in [1.807, 2.05) is 60.7 Å². The van der Waals surface area contributed by atoms with Crippen molar-refractivity contribution < 1.29 is 13.0 Å². The molecule has 8 bridgehead atoms. The van der Waals surface area contributed by atoms with Gasteiger partial charge in [-0.05, 0) is 84.5 Å². The van der Waals surface area contributed by atoms with Crippen LogP contribution in [0.3, 0.4) is 0 Å². The molecule has 7 nitrogen and oxygen atoms in total. The number of aromatic amines is 4. The van der Waals surface area contributed by atoms with E-state index in [1.54, 1.807) is 12.1 Å². The topological polar surface area (TPSA) is 118 Å². The van der Waals surface area contributed by atoms with Gasteiger partial charge in [0, 0.05) is 49.7 Å². The molecule has 1 aromatic carbocycles. The predicted molar refractivity (Wildman–Crippen MR) is 131 cm³/mol. The van der Waals surface area contributed by atoms with Gasteiger partial charge in [-0.25, -0.2) is 0 Å². The zero-order valence-electron chi connectivity index (χ0n) is 17.8. The highest BCUT2D eigenvalue weighted by Gasteiger charge is 2.10. The Hall–Kier alpha value is -4.27. The lowest BCUT2D eigenvalue weighted by molar-refractivity contribution is 0.483. The second-order valence-corrected chi connectivity index (χ2v) is 9.66. The van der Waals surface area contributed by atoms with Crippen LogP contribution in [0.2, 0.25) is 0 Å². The molecule has 5 N–H and O–H groups in total. The number of aromatic nitrogens is 4. The lowest BCUT2D eigenvalue weighted by Crippen LogP contribution is -2.11. The van der Waals surface area contributed by atoms with Crippen molar-refractivity contribution in [3.63, 3.8) is 0 Å². The third-order valence-electron chi connectivity index (χ3n) is 5.76. The number of hydrogen-bond donors (Lipinski definition) is 5. The minimum absolute atomic E-state index is 0.137. The molecule has 1 aliphatic rings. The predicted octanol–water partition coefficient (Wildman–Crippen LogP) is 1.54. The lowest BCUT2D eigenvalue weighted by atomic mass is 10.1. The summed E-state index contributed by atoms with van der Waals surface area (Å²) in [6.45, 7) is 0. The molecule has 5 heterocycles. The van der Waals surface area contributed by atoms with Crippen molar-refractivity contribution in [2.45, 2.75) is 4.90 Å². The number of nitrogens with one attached hydrogen (secondary N) is 4. The van der Waals surface area contributed by atoms with Gasteiger partial charge in [0.15, 0.2) is 0 Å². The maximum Gasteiger partial charge on any atom is 0.294 e. The van der Waals surface area contributed by atoms with Crippen LogP contribution in [-0.2, 0) is 10.1 Å². The van der Waals surface area contributed by atoms with Crippen LogP contribution in [0.25, 0.3) is 35.4 Å². The Morgan fingerprint density at radius 1 is 0.559 bits per heavy atom. The highest BCUT2D eigenvalue weighted by Crippen LogP contribution is 2.18. The average molecular weight is 469 g/mol. The summed E-state index contributed by atoms with van der Waals surface area (Å²) < 4.78 is 32.2. The Labute approximate surface area is 194 Å². The maximum atomic E-state index is 11.4. The van der Waals surface area contributed by atoms with E-state index in [0.717, 1.165) is 55.3 Å². The van der Waals surface area contributed by atoms with E-state index in [9.17, 15) is 13.0 Å². The normalized spacial score (nSPS) is 12.9. The molecule has 0 spiro atoms. The molecule has 168 valence electrons. The van der Waals surface area contributed by atoms with Gasteiger partial charge in [-0.3, -0.25) is 4.55 Å². The molecular weight excluding hydrogens is 448 g/mol. The second kappa shape index (κ2) is 7.65. The molecule has 0 saturated carbocycles. The van der Waals surface area contributed by atoms with Gasteiger partial charge in [0.05, 0.1) is 4.90 Å². The average Bonchev–Trinajstić information content (AvgIpc) is 3.58. The van der Waals surface area contributed by atoms with Gasteiger partial charge in [-0.2, -0.15) is 8.42 Å². The van der Waals surface area contributed by atoms with Crippen LogP contribution in [0.15, 0.2) is 71.6 Å². The first-order valence-corrected chi connectivity index (χ1v) is 12.1. The molecule has 34 heavy (non-hydrogen) atoms. The van der Waals surface area contributed by atoms with Crippen LogP contribution in [0.4, 0.5) is 0 Å².